The third kappa shape index (κ3) is 21.3. The maximum Gasteiger partial charge on any atom is 0.305 e. The molecular formula is C13H28O4. The number of hydrogen-bond donors (Lipinski definition) is 1. The van der Waals surface area contributed by atoms with E-state index in [2.05, 4.69) is 18.7 Å². The molecule has 0 aliphatic carbocycles. The molecule has 0 radical (unpaired) electrons. The molecule has 0 heterocycles. The van der Waals surface area contributed by atoms with Crippen LogP contribution in [0.25, 0.3) is 0 Å². The van der Waals surface area contributed by atoms with Gasteiger partial charge in [0, 0.05) is 6.42 Å². The summed E-state index contributed by atoms with van der Waals surface area (Å²) in [5.41, 5.74) is -0.403. The van der Waals surface area contributed by atoms with Crippen molar-refractivity contribution in [2.24, 2.45) is 0 Å². The van der Waals surface area contributed by atoms with Crippen LogP contribution in [0.1, 0.15) is 66.7 Å². The van der Waals surface area contributed by atoms with E-state index in [1.807, 2.05) is 0 Å². The molecule has 1 N–H and O–H groups in total. The van der Waals surface area contributed by atoms with Crippen LogP contribution in [0, 0.1) is 0 Å². The number of carbonyl (C=O) groups excluding carboxylic acids is 1. The topological polar surface area (TPSA) is 55.8 Å². The van der Waals surface area contributed by atoms with Crippen molar-refractivity contribution in [1.82, 2.24) is 0 Å². The van der Waals surface area contributed by atoms with Crippen molar-refractivity contribution in [2.75, 3.05) is 6.61 Å². The first-order valence-electron chi connectivity index (χ1n) is 6.35. The van der Waals surface area contributed by atoms with E-state index in [1.165, 1.54) is 0 Å². The van der Waals surface area contributed by atoms with E-state index >= 15 is 0 Å². The van der Waals surface area contributed by atoms with Gasteiger partial charge in [-0.3, -0.25) is 10.1 Å². The van der Waals surface area contributed by atoms with E-state index in [1.54, 1.807) is 20.8 Å². The molecule has 0 unspecified atom stereocenters. The van der Waals surface area contributed by atoms with E-state index in [-0.39, 0.29) is 5.97 Å². The Morgan fingerprint density at radius 1 is 1.12 bits per heavy atom. The summed E-state index contributed by atoms with van der Waals surface area (Å²) in [6.07, 6.45) is 4.66. The Morgan fingerprint density at radius 2 is 1.59 bits per heavy atom. The minimum atomic E-state index is -0.403. The lowest BCUT2D eigenvalue weighted by Crippen LogP contribution is -2.15. The van der Waals surface area contributed by atoms with Crippen LogP contribution in [0.5, 0.6) is 0 Å². The Hall–Kier alpha value is -0.610. The predicted octanol–water partition coefficient (Wildman–Crippen LogP) is 3.79. The van der Waals surface area contributed by atoms with Gasteiger partial charge in [0.05, 0.1) is 12.2 Å². The maximum absolute atomic E-state index is 10.9. The number of esters is 1. The van der Waals surface area contributed by atoms with Crippen LogP contribution in [0.4, 0.5) is 0 Å². The number of ether oxygens (including phenoxy) is 1. The van der Waals surface area contributed by atoms with E-state index in [0.29, 0.717) is 13.0 Å². The third-order valence-corrected chi connectivity index (χ3v) is 1.77. The lowest BCUT2D eigenvalue weighted by atomic mass is 10.2. The summed E-state index contributed by atoms with van der Waals surface area (Å²) < 4.78 is 4.95. The van der Waals surface area contributed by atoms with Gasteiger partial charge in [-0.25, -0.2) is 4.89 Å². The van der Waals surface area contributed by atoms with Gasteiger partial charge in [0.15, 0.2) is 0 Å². The van der Waals surface area contributed by atoms with E-state index in [9.17, 15) is 4.79 Å². The molecule has 0 aromatic heterocycles. The van der Waals surface area contributed by atoms with Crippen molar-refractivity contribution in [3.63, 3.8) is 0 Å². The van der Waals surface area contributed by atoms with Crippen molar-refractivity contribution in [1.29, 1.82) is 0 Å². The van der Waals surface area contributed by atoms with Crippen molar-refractivity contribution in [3.8, 4) is 0 Å². The highest BCUT2D eigenvalue weighted by atomic mass is 17.1. The Morgan fingerprint density at radius 3 is 1.94 bits per heavy atom. The zero-order valence-corrected chi connectivity index (χ0v) is 11.9. The molecule has 0 aromatic carbocycles. The highest BCUT2D eigenvalue weighted by Gasteiger charge is 2.07. The quantitative estimate of drug-likeness (QED) is 0.336. The van der Waals surface area contributed by atoms with Gasteiger partial charge in [-0.15, -0.1) is 0 Å². The van der Waals surface area contributed by atoms with Crippen LogP contribution in [0.15, 0.2) is 0 Å². The Balaban J connectivity index is 0. The van der Waals surface area contributed by atoms with Crippen LogP contribution >= 0.6 is 0 Å². The number of carbonyl (C=O) groups is 1. The zero-order valence-electron chi connectivity index (χ0n) is 11.9. The van der Waals surface area contributed by atoms with Crippen molar-refractivity contribution >= 4 is 5.97 Å². The average Bonchev–Trinajstić information content (AvgIpc) is 2.26. The summed E-state index contributed by atoms with van der Waals surface area (Å²) >= 11 is 0. The van der Waals surface area contributed by atoms with Crippen molar-refractivity contribution in [3.05, 3.63) is 0 Å². The van der Waals surface area contributed by atoms with Gasteiger partial charge in [0.2, 0.25) is 0 Å². The third-order valence-electron chi connectivity index (χ3n) is 1.77. The molecule has 0 bridgehead atoms. The molecule has 0 saturated heterocycles. The van der Waals surface area contributed by atoms with Gasteiger partial charge in [-0.05, 0) is 33.6 Å². The molecule has 4 heteroatoms. The largest absolute Gasteiger partial charge is 0.466 e. The smallest absolute Gasteiger partial charge is 0.305 e. The predicted molar refractivity (Wildman–Crippen MR) is 68.9 cm³/mol. The summed E-state index contributed by atoms with van der Waals surface area (Å²) in [6, 6.07) is 0. The molecule has 0 saturated carbocycles. The molecule has 104 valence electrons. The molecule has 0 spiro atoms. The van der Waals surface area contributed by atoms with Crippen LogP contribution in [0.2, 0.25) is 0 Å². The standard InChI is InChI=1S/C9H18O2.C4H10O2/c1-3-5-7-9(10)11-8-6-4-2;1-4(2,3)6-5/h3-8H2,1-2H3;5H,1-3H3. The second-order valence-corrected chi connectivity index (χ2v) is 4.88. The second kappa shape index (κ2) is 11.9. The summed E-state index contributed by atoms with van der Waals surface area (Å²) in [4.78, 5) is 14.8. The van der Waals surface area contributed by atoms with Gasteiger partial charge >= 0.3 is 5.97 Å². The molecule has 0 aromatic rings. The Bertz CT molecular complexity index is 173. The summed E-state index contributed by atoms with van der Waals surface area (Å²) in [7, 11) is 0. The molecule has 0 amide bonds. The zero-order chi connectivity index (χ0) is 13.7. The summed E-state index contributed by atoms with van der Waals surface area (Å²) in [5, 5.41) is 7.90. The first-order chi connectivity index (χ1) is 7.87. The van der Waals surface area contributed by atoms with Gasteiger partial charge in [0.25, 0.3) is 0 Å². The highest BCUT2D eigenvalue weighted by Crippen LogP contribution is 2.01. The number of hydrogen-bond acceptors (Lipinski definition) is 4. The highest BCUT2D eigenvalue weighted by molar-refractivity contribution is 5.69. The van der Waals surface area contributed by atoms with Gasteiger partial charge in [-0.2, -0.15) is 0 Å². The average molecular weight is 248 g/mol. The number of unbranched alkanes of at least 4 members (excludes halogenated alkanes) is 2. The Kier molecular flexibility index (Phi) is 13.1. The molecule has 0 aliphatic heterocycles. The van der Waals surface area contributed by atoms with Crippen molar-refractivity contribution in [2.45, 2.75) is 72.3 Å². The molecule has 17 heavy (non-hydrogen) atoms. The first kappa shape index (κ1) is 18.7. The Labute approximate surface area is 105 Å². The SMILES string of the molecule is CC(C)(C)OO.CCCCOC(=O)CCCC. The fourth-order valence-electron chi connectivity index (χ4n) is 0.724. The maximum atomic E-state index is 10.9. The summed E-state index contributed by atoms with van der Waals surface area (Å²) in [6.45, 7) is 10.1. The molecule has 0 aliphatic rings. The lowest BCUT2D eigenvalue weighted by Gasteiger charge is -2.10. The normalized spacial score (nSPS) is 10.5. The molecule has 4 nitrogen and oxygen atoms in total. The first-order valence-corrected chi connectivity index (χ1v) is 6.35. The minimum absolute atomic E-state index is 0.0414. The van der Waals surface area contributed by atoms with Gasteiger partial charge in [0.1, 0.15) is 0 Å². The van der Waals surface area contributed by atoms with Crippen LogP contribution in [0.3, 0.4) is 0 Å². The molecule has 0 fully saturated rings. The fourth-order valence-corrected chi connectivity index (χ4v) is 0.724. The summed E-state index contributed by atoms with van der Waals surface area (Å²) in [5.74, 6) is -0.0414. The van der Waals surface area contributed by atoms with Crippen LogP contribution in [-0.4, -0.2) is 23.4 Å². The minimum Gasteiger partial charge on any atom is -0.466 e. The van der Waals surface area contributed by atoms with E-state index < -0.39 is 5.60 Å². The van der Waals surface area contributed by atoms with Gasteiger partial charge in [-0.1, -0.05) is 26.7 Å². The molecular weight excluding hydrogens is 220 g/mol. The van der Waals surface area contributed by atoms with Crippen LogP contribution in [-0.2, 0) is 14.4 Å². The van der Waals surface area contributed by atoms with Crippen LogP contribution < -0.4 is 0 Å². The molecule has 0 rings (SSSR count). The number of rotatable bonds is 6. The van der Waals surface area contributed by atoms with E-state index in [0.717, 1.165) is 25.7 Å². The fraction of sp³-hybridized carbons (Fsp3) is 0.923. The monoisotopic (exact) mass is 248 g/mol. The van der Waals surface area contributed by atoms with Crippen molar-refractivity contribution < 1.29 is 19.7 Å². The molecule has 0 atom stereocenters. The second-order valence-electron chi connectivity index (χ2n) is 4.88. The van der Waals surface area contributed by atoms with E-state index in [4.69, 9.17) is 9.99 Å². The lowest BCUT2D eigenvalue weighted by molar-refractivity contribution is -0.306. The van der Waals surface area contributed by atoms with Gasteiger partial charge < -0.3 is 4.74 Å².